The molecule has 0 N–H and O–H groups in total. The molecule has 0 amide bonds. The first-order valence-corrected chi connectivity index (χ1v) is 5.50. The first kappa shape index (κ1) is 13.9. The lowest BCUT2D eigenvalue weighted by atomic mass is 10.1. The number of nitrogens with zero attached hydrogens (tertiary/aromatic N) is 1. The number of ether oxygens (including phenoxy) is 1. The first-order valence-electron chi connectivity index (χ1n) is 5.50. The summed E-state index contributed by atoms with van der Waals surface area (Å²) in [5.74, 6) is -0.530. The first-order chi connectivity index (χ1) is 8.52. The van der Waals surface area contributed by atoms with Crippen molar-refractivity contribution in [3.8, 4) is 0 Å². The van der Waals surface area contributed by atoms with E-state index in [-0.39, 0.29) is 13.0 Å². The highest BCUT2D eigenvalue weighted by molar-refractivity contribution is 5.93. The predicted octanol–water partition coefficient (Wildman–Crippen LogP) is 2.22. The summed E-state index contributed by atoms with van der Waals surface area (Å²) in [6.45, 7) is 1.67. The Morgan fingerprint density at radius 2 is 2.00 bits per heavy atom. The lowest BCUT2D eigenvalue weighted by Crippen LogP contribution is -2.10. The van der Waals surface area contributed by atoms with E-state index in [4.69, 9.17) is 0 Å². The Labute approximate surface area is 105 Å². The van der Waals surface area contributed by atoms with Crippen molar-refractivity contribution in [2.45, 2.75) is 13.3 Å². The Hall–Kier alpha value is -2.17. The fraction of sp³-hybridized carbons (Fsp3) is 0.308. The van der Waals surface area contributed by atoms with Crippen LogP contribution in [0.4, 0.5) is 0 Å². The molecule has 18 heavy (non-hydrogen) atoms. The van der Waals surface area contributed by atoms with Gasteiger partial charge >= 0.3 is 5.97 Å². The average molecular weight is 249 g/mol. The van der Waals surface area contributed by atoms with Crippen molar-refractivity contribution in [3.05, 3.63) is 51.1 Å². The van der Waals surface area contributed by atoms with Crippen molar-refractivity contribution < 1.29 is 14.5 Å². The highest BCUT2D eigenvalue weighted by Gasteiger charge is 2.12. The van der Waals surface area contributed by atoms with Crippen molar-refractivity contribution in [1.29, 1.82) is 0 Å². The van der Waals surface area contributed by atoms with Gasteiger partial charge in [0.05, 0.1) is 7.11 Å². The number of aryl methyl sites for hydroxylation is 1. The molecule has 0 fully saturated rings. The van der Waals surface area contributed by atoms with Crippen molar-refractivity contribution >= 4 is 12.0 Å². The summed E-state index contributed by atoms with van der Waals surface area (Å²) >= 11 is 0. The van der Waals surface area contributed by atoms with Crippen LogP contribution in [-0.2, 0) is 9.53 Å². The van der Waals surface area contributed by atoms with Crippen molar-refractivity contribution in [2.24, 2.45) is 0 Å². The van der Waals surface area contributed by atoms with E-state index in [0.29, 0.717) is 5.57 Å². The molecule has 0 heterocycles. The van der Waals surface area contributed by atoms with E-state index in [1.54, 1.807) is 6.08 Å². The van der Waals surface area contributed by atoms with Crippen molar-refractivity contribution in [2.75, 3.05) is 13.7 Å². The Balaban J connectivity index is 2.90. The van der Waals surface area contributed by atoms with Crippen LogP contribution in [0.1, 0.15) is 17.5 Å². The normalized spacial score (nSPS) is 11.1. The van der Waals surface area contributed by atoms with Crippen LogP contribution in [0.15, 0.2) is 29.8 Å². The molecule has 5 heteroatoms. The molecule has 1 aromatic carbocycles. The molecular formula is C13H15NO4. The van der Waals surface area contributed by atoms with Gasteiger partial charge in [0.1, 0.15) is 0 Å². The Morgan fingerprint density at radius 1 is 1.39 bits per heavy atom. The summed E-state index contributed by atoms with van der Waals surface area (Å²) in [5.41, 5.74) is 2.24. The minimum Gasteiger partial charge on any atom is -0.466 e. The third-order valence-corrected chi connectivity index (χ3v) is 2.43. The molecule has 0 unspecified atom stereocenters. The summed E-state index contributed by atoms with van der Waals surface area (Å²) in [4.78, 5) is 21.4. The summed E-state index contributed by atoms with van der Waals surface area (Å²) < 4.78 is 4.61. The van der Waals surface area contributed by atoms with E-state index in [1.807, 2.05) is 31.2 Å². The quantitative estimate of drug-likeness (QED) is 0.347. The molecule has 0 atom stereocenters. The standard InChI is InChI=1S/C13H15NO4/c1-10-3-5-11(6-4-10)9-12(13(15)18-2)7-8-14(16)17/h3-6,9H,7-8H2,1-2H3/b12-9+. The Morgan fingerprint density at radius 3 is 2.50 bits per heavy atom. The predicted molar refractivity (Wildman–Crippen MR) is 67.7 cm³/mol. The van der Waals surface area contributed by atoms with E-state index in [2.05, 4.69) is 4.74 Å². The Bertz CT molecular complexity index is 462. The van der Waals surface area contributed by atoms with Crippen LogP contribution in [0.2, 0.25) is 0 Å². The van der Waals surface area contributed by atoms with E-state index >= 15 is 0 Å². The number of benzene rings is 1. The maximum absolute atomic E-state index is 11.5. The molecule has 0 saturated heterocycles. The smallest absolute Gasteiger partial charge is 0.333 e. The maximum Gasteiger partial charge on any atom is 0.333 e. The minimum absolute atomic E-state index is 0.0630. The molecule has 96 valence electrons. The van der Waals surface area contributed by atoms with E-state index in [0.717, 1.165) is 11.1 Å². The van der Waals surface area contributed by atoms with Crippen LogP contribution in [0.3, 0.4) is 0 Å². The van der Waals surface area contributed by atoms with Gasteiger partial charge in [-0.1, -0.05) is 29.8 Å². The monoisotopic (exact) mass is 249 g/mol. The maximum atomic E-state index is 11.5. The molecule has 0 bridgehead atoms. The number of carbonyl (C=O) groups is 1. The van der Waals surface area contributed by atoms with Crippen LogP contribution >= 0.6 is 0 Å². The molecule has 0 aliphatic rings. The number of esters is 1. The summed E-state index contributed by atoms with van der Waals surface area (Å²) in [5, 5.41) is 10.3. The van der Waals surface area contributed by atoms with Gasteiger partial charge in [-0.05, 0) is 18.6 Å². The van der Waals surface area contributed by atoms with Gasteiger partial charge in [-0.15, -0.1) is 0 Å². The van der Waals surface area contributed by atoms with Gasteiger partial charge in [-0.2, -0.15) is 0 Å². The lowest BCUT2D eigenvalue weighted by Gasteiger charge is -2.03. The SMILES string of the molecule is COC(=O)/C(=C/c1ccc(C)cc1)CC[N+](=O)[O-]. The number of hydrogen-bond donors (Lipinski definition) is 0. The molecule has 0 aliphatic heterocycles. The van der Waals surface area contributed by atoms with Gasteiger partial charge in [0.15, 0.2) is 0 Å². The zero-order chi connectivity index (χ0) is 13.5. The van der Waals surface area contributed by atoms with Crippen LogP contribution in [0.5, 0.6) is 0 Å². The van der Waals surface area contributed by atoms with Crippen LogP contribution in [0, 0.1) is 17.0 Å². The number of nitro groups is 1. The molecule has 0 spiro atoms. The fourth-order valence-corrected chi connectivity index (χ4v) is 1.44. The second kappa shape index (κ2) is 6.54. The van der Waals surface area contributed by atoms with Crippen LogP contribution in [0.25, 0.3) is 6.08 Å². The van der Waals surface area contributed by atoms with E-state index in [9.17, 15) is 14.9 Å². The molecule has 0 radical (unpaired) electrons. The highest BCUT2D eigenvalue weighted by Crippen LogP contribution is 2.12. The second-order valence-corrected chi connectivity index (χ2v) is 3.88. The zero-order valence-corrected chi connectivity index (χ0v) is 10.4. The molecule has 1 aromatic rings. The lowest BCUT2D eigenvalue weighted by molar-refractivity contribution is -0.479. The van der Waals surface area contributed by atoms with Gasteiger partial charge < -0.3 is 4.74 Å². The molecule has 0 saturated carbocycles. The van der Waals surface area contributed by atoms with Gasteiger partial charge in [0.2, 0.25) is 6.54 Å². The van der Waals surface area contributed by atoms with E-state index < -0.39 is 10.9 Å². The van der Waals surface area contributed by atoms with Crippen molar-refractivity contribution in [1.82, 2.24) is 0 Å². The second-order valence-electron chi connectivity index (χ2n) is 3.88. The summed E-state index contributed by atoms with van der Waals surface area (Å²) in [6, 6.07) is 7.53. The molecule has 1 rings (SSSR count). The number of hydrogen-bond acceptors (Lipinski definition) is 4. The number of methoxy groups -OCH3 is 1. The number of carbonyl (C=O) groups excluding carboxylic acids is 1. The topological polar surface area (TPSA) is 69.4 Å². The van der Waals surface area contributed by atoms with E-state index in [1.165, 1.54) is 7.11 Å². The minimum atomic E-state index is -0.530. The van der Waals surface area contributed by atoms with Crippen molar-refractivity contribution in [3.63, 3.8) is 0 Å². The third kappa shape index (κ3) is 4.37. The van der Waals surface area contributed by atoms with Gasteiger partial charge in [0.25, 0.3) is 0 Å². The third-order valence-electron chi connectivity index (χ3n) is 2.43. The molecular weight excluding hydrogens is 234 g/mol. The number of rotatable bonds is 5. The van der Waals surface area contributed by atoms with Crippen LogP contribution < -0.4 is 0 Å². The zero-order valence-electron chi connectivity index (χ0n) is 10.4. The molecule has 0 aromatic heterocycles. The fourth-order valence-electron chi connectivity index (χ4n) is 1.44. The van der Waals surface area contributed by atoms with Gasteiger partial charge in [-0.3, -0.25) is 10.1 Å². The van der Waals surface area contributed by atoms with Gasteiger partial charge in [-0.25, -0.2) is 4.79 Å². The van der Waals surface area contributed by atoms with Gasteiger partial charge in [0, 0.05) is 16.9 Å². The average Bonchev–Trinajstić information content (AvgIpc) is 2.35. The summed E-state index contributed by atoms with van der Waals surface area (Å²) in [7, 11) is 1.26. The highest BCUT2D eigenvalue weighted by atomic mass is 16.6. The molecule has 0 aliphatic carbocycles. The van der Waals surface area contributed by atoms with Crippen LogP contribution in [-0.4, -0.2) is 24.5 Å². The largest absolute Gasteiger partial charge is 0.466 e. The Kier molecular flexibility index (Phi) is 5.05. The molecule has 5 nitrogen and oxygen atoms in total. The summed E-state index contributed by atoms with van der Waals surface area (Å²) in [6.07, 6.45) is 1.68.